The van der Waals surface area contributed by atoms with Crippen LogP contribution in [0.3, 0.4) is 0 Å². The van der Waals surface area contributed by atoms with Crippen molar-refractivity contribution in [2.45, 2.75) is 19.0 Å². The zero-order valence-electron chi connectivity index (χ0n) is 13.7. The van der Waals surface area contributed by atoms with E-state index in [0.717, 1.165) is 11.6 Å². The number of amides is 1. The number of rotatable bonds is 5. The molecular formula is C17H13F4N5O. The van der Waals surface area contributed by atoms with Gasteiger partial charge in [-0.05, 0) is 52.7 Å². The Kier molecular flexibility index (Phi) is 5.15. The summed E-state index contributed by atoms with van der Waals surface area (Å²) in [6.07, 6.45) is -3.01. The van der Waals surface area contributed by atoms with E-state index in [4.69, 9.17) is 0 Å². The fraction of sp³-hybridized carbons (Fsp3) is 0.176. The third-order valence-corrected chi connectivity index (χ3v) is 3.72. The highest BCUT2D eigenvalue weighted by molar-refractivity contribution is 5.90. The summed E-state index contributed by atoms with van der Waals surface area (Å²) in [4.78, 5) is 12.0. The Morgan fingerprint density at radius 3 is 2.67 bits per heavy atom. The first kappa shape index (κ1) is 18.5. The number of aryl methyl sites for hydroxylation is 1. The molecule has 1 heterocycles. The summed E-state index contributed by atoms with van der Waals surface area (Å²) in [5.41, 5.74) is 0.00473. The average molecular weight is 379 g/mol. The van der Waals surface area contributed by atoms with Crippen molar-refractivity contribution in [1.82, 2.24) is 20.2 Å². The van der Waals surface area contributed by atoms with Crippen molar-refractivity contribution >= 4 is 11.6 Å². The molecule has 0 saturated carbocycles. The summed E-state index contributed by atoms with van der Waals surface area (Å²) in [5.74, 6) is -1.87. The smallest absolute Gasteiger partial charge is 0.326 e. The Balaban J connectivity index is 1.63. The lowest BCUT2D eigenvalue weighted by Gasteiger charge is -2.11. The summed E-state index contributed by atoms with van der Waals surface area (Å²) in [5, 5.41) is 13.2. The molecule has 0 spiro atoms. The van der Waals surface area contributed by atoms with Crippen molar-refractivity contribution in [2.24, 2.45) is 0 Å². The van der Waals surface area contributed by atoms with Crippen molar-refractivity contribution in [2.75, 3.05) is 5.32 Å². The van der Waals surface area contributed by atoms with Crippen LogP contribution in [0.4, 0.5) is 23.2 Å². The zero-order chi connectivity index (χ0) is 19.4. The lowest BCUT2D eigenvalue weighted by molar-refractivity contribution is -0.140. The Hall–Kier alpha value is -3.30. The second kappa shape index (κ2) is 7.52. The second-order valence-corrected chi connectivity index (χ2v) is 5.66. The standard InChI is InChI=1S/C17H13F4N5O/c18-15-6-5-12(9-14(15)17(19,20)21)23-16(27)7-4-11-2-1-3-13(8-11)26-10-22-24-25-26/h1-3,5-6,8-10H,4,7H2,(H,23,27). The van der Waals surface area contributed by atoms with Crippen molar-refractivity contribution < 1.29 is 22.4 Å². The third kappa shape index (κ3) is 4.66. The van der Waals surface area contributed by atoms with Crippen LogP contribution < -0.4 is 5.32 Å². The molecule has 0 radical (unpaired) electrons. The molecule has 0 atom stereocenters. The van der Waals surface area contributed by atoms with Crippen LogP contribution in [0.2, 0.25) is 0 Å². The van der Waals surface area contributed by atoms with Gasteiger partial charge in [-0.25, -0.2) is 9.07 Å². The first-order valence-electron chi connectivity index (χ1n) is 7.82. The summed E-state index contributed by atoms with van der Waals surface area (Å²) < 4.78 is 52.9. The van der Waals surface area contributed by atoms with Crippen LogP contribution in [0.15, 0.2) is 48.8 Å². The number of carbonyl (C=O) groups excluding carboxylic acids is 1. The fourth-order valence-electron chi connectivity index (χ4n) is 2.44. The highest BCUT2D eigenvalue weighted by atomic mass is 19.4. The summed E-state index contributed by atoms with van der Waals surface area (Å²) in [7, 11) is 0. The van der Waals surface area contributed by atoms with Crippen LogP contribution >= 0.6 is 0 Å². The van der Waals surface area contributed by atoms with Gasteiger partial charge in [0, 0.05) is 12.1 Å². The molecule has 140 valence electrons. The minimum absolute atomic E-state index is 0.0395. The van der Waals surface area contributed by atoms with Crippen LogP contribution in [-0.4, -0.2) is 26.1 Å². The summed E-state index contributed by atoms with van der Waals surface area (Å²) >= 11 is 0. The van der Waals surface area contributed by atoms with Crippen molar-refractivity contribution in [1.29, 1.82) is 0 Å². The van der Waals surface area contributed by atoms with E-state index in [-0.39, 0.29) is 12.1 Å². The molecule has 3 aromatic rings. The van der Waals surface area contributed by atoms with Crippen molar-refractivity contribution in [3.05, 3.63) is 65.7 Å². The van der Waals surface area contributed by atoms with Gasteiger partial charge in [0.05, 0.1) is 11.3 Å². The SMILES string of the molecule is O=C(CCc1cccc(-n2cnnn2)c1)Nc1ccc(F)c(C(F)(F)F)c1. The maximum Gasteiger partial charge on any atom is 0.419 e. The molecule has 6 nitrogen and oxygen atoms in total. The molecule has 2 aromatic carbocycles. The van der Waals surface area contributed by atoms with Gasteiger partial charge < -0.3 is 5.32 Å². The first-order valence-corrected chi connectivity index (χ1v) is 7.82. The van der Waals surface area contributed by atoms with E-state index in [2.05, 4.69) is 20.8 Å². The van der Waals surface area contributed by atoms with Crippen LogP contribution in [-0.2, 0) is 17.4 Å². The van der Waals surface area contributed by atoms with Crippen molar-refractivity contribution in [3.63, 3.8) is 0 Å². The van der Waals surface area contributed by atoms with E-state index < -0.39 is 23.5 Å². The number of halogens is 4. The molecule has 0 bridgehead atoms. The predicted octanol–water partition coefficient (Wildman–Crippen LogP) is 3.39. The molecule has 3 rings (SSSR count). The normalized spacial score (nSPS) is 11.4. The molecule has 1 amide bonds. The lowest BCUT2D eigenvalue weighted by atomic mass is 10.1. The second-order valence-electron chi connectivity index (χ2n) is 5.66. The number of hydrogen-bond acceptors (Lipinski definition) is 4. The van der Waals surface area contributed by atoms with Gasteiger partial charge in [-0.3, -0.25) is 4.79 Å². The Bertz CT molecular complexity index is 941. The maximum atomic E-state index is 13.3. The number of anilines is 1. The number of aromatic nitrogens is 4. The van der Waals surface area contributed by atoms with Gasteiger partial charge in [-0.1, -0.05) is 12.1 Å². The molecular weight excluding hydrogens is 366 g/mol. The Morgan fingerprint density at radius 2 is 1.96 bits per heavy atom. The van der Waals surface area contributed by atoms with Gasteiger partial charge >= 0.3 is 6.18 Å². The van der Waals surface area contributed by atoms with Gasteiger partial charge in [-0.2, -0.15) is 13.2 Å². The summed E-state index contributed by atoms with van der Waals surface area (Å²) in [6.45, 7) is 0. The van der Waals surface area contributed by atoms with E-state index in [0.29, 0.717) is 24.2 Å². The Labute approximate surface area is 150 Å². The first-order chi connectivity index (χ1) is 12.8. The van der Waals surface area contributed by atoms with Crippen LogP contribution in [0.5, 0.6) is 0 Å². The van der Waals surface area contributed by atoms with Crippen LogP contribution in [0.25, 0.3) is 5.69 Å². The molecule has 0 fully saturated rings. The van der Waals surface area contributed by atoms with E-state index in [1.807, 2.05) is 0 Å². The number of carbonyl (C=O) groups is 1. The van der Waals surface area contributed by atoms with E-state index in [9.17, 15) is 22.4 Å². The maximum absolute atomic E-state index is 13.3. The Morgan fingerprint density at radius 1 is 1.15 bits per heavy atom. The third-order valence-electron chi connectivity index (χ3n) is 3.72. The van der Waals surface area contributed by atoms with Gasteiger partial charge in [-0.15, -0.1) is 5.10 Å². The zero-order valence-corrected chi connectivity index (χ0v) is 13.7. The molecule has 0 aliphatic carbocycles. The van der Waals surface area contributed by atoms with Gasteiger partial charge in [0.15, 0.2) is 0 Å². The van der Waals surface area contributed by atoms with E-state index in [1.54, 1.807) is 24.3 Å². The number of tetrazole rings is 1. The quantitative estimate of drug-likeness (QED) is 0.690. The molecule has 10 heteroatoms. The van der Waals surface area contributed by atoms with Crippen molar-refractivity contribution in [3.8, 4) is 5.69 Å². The topological polar surface area (TPSA) is 72.7 Å². The molecule has 0 saturated heterocycles. The molecule has 0 aliphatic rings. The van der Waals surface area contributed by atoms with Gasteiger partial charge in [0.2, 0.25) is 5.91 Å². The number of nitrogens with one attached hydrogen (secondary N) is 1. The number of nitrogens with zero attached hydrogens (tertiary/aromatic N) is 4. The predicted molar refractivity (Wildman–Crippen MR) is 87.5 cm³/mol. The number of benzene rings is 2. The highest BCUT2D eigenvalue weighted by Crippen LogP contribution is 2.33. The molecule has 27 heavy (non-hydrogen) atoms. The fourth-order valence-corrected chi connectivity index (χ4v) is 2.44. The highest BCUT2D eigenvalue weighted by Gasteiger charge is 2.34. The van der Waals surface area contributed by atoms with E-state index >= 15 is 0 Å². The molecule has 0 aliphatic heterocycles. The van der Waals surface area contributed by atoms with Crippen LogP contribution in [0, 0.1) is 5.82 Å². The van der Waals surface area contributed by atoms with Gasteiger partial charge in [0.25, 0.3) is 0 Å². The molecule has 1 aromatic heterocycles. The van der Waals surface area contributed by atoms with E-state index in [1.165, 1.54) is 11.0 Å². The van der Waals surface area contributed by atoms with Crippen LogP contribution in [0.1, 0.15) is 17.5 Å². The number of alkyl halides is 3. The average Bonchev–Trinajstić information content (AvgIpc) is 3.16. The molecule has 0 unspecified atom stereocenters. The largest absolute Gasteiger partial charge is 0.419 e. The summed E-state index contributed by atoms with van der Waals surface area (Å²) in [6, 6.07) is 9.50. The molecule has 1 N–H and O–H groups in total. The minimum atomic E-state index is -4.83. The number of hydrogen-bond donors (Lipinski definition) is 1. The lowest BCUT2D eigenvalue weighted by Crippen LogP contribution is -2.14. The monoisotopic (exact) mass is 379 g/mol. The van der Waals surface area contributed by atoms with Gasteiger partial charge in [0.1, 0.15) is 12.1 Å². The minimum Gasteiger partial charge on any atom is -0.326 e.